The van der Waals surface area contributed by atoms with Crippen molar-refractivity contribution >= 4 is 15.9 Å². The van der Waals surface area contributed by atoms with Gasteiger partial charge in [0.25, 0.3) is 0 Å². The average Bonchev–Trinajstić information content (AvgIpc) is 2.83. The second kappa shape index (κ2) is 6.16. The van der Waals surface area contributed by atoms with E-state index >= 15 is 0 Å². The van der Waals surface area contributed by atoms with Crippen molar-refractivity contribution in [2.75, 3.05) is 13.7 Å². The summed E-state index contributed by atoms with van der Waals surface area (Å²) in [5.41, 5.74) is 2.11. The first-order valence-corrected chi connectivity index (χ1v) is 6.88. The Hall–Kier alpha value is -1.40. The van der Waals surface area contributed by atoms with Crippen molar-refractivity contribution in [1.29, 1.82) is 0 Å². The molecule has 0 aliphatic heterocycles. The fourth-order valence-corrected chi connectivity index (χ4v) is 2.48. The summed E-state index contributed by atoms with van der Waals surface area (Å²) in [4.78, 5) is 0. The van der Waals surface area contributed by atoms with Crippen LogP contribution in [0.1, 0.15) is 24.2 Å². The molecule has 1 unspecified atom stereocenters. The summed E-state index contributed by atoms with van der Waals surface area (Å²) >= 11 is 3.59. The summed E-state index contributed by atoms with van der Waals surface area (Å²) in [7, 11) is 3.56. The van der Waals surface area contributed by atoms with Gasteiger partial charge in [-0.3, -0.25) is 4.68 Å². The van der Waals surface area contributed by atoms with Gasteiger partial charge < -0.3 is 10.1 Å². The first-order valence-electron chi connectivity index (χ1n) is 6.08. The third-order valence-electron chi connectivity index (χ3n) is 2.97. The summed E-state index contributed by atoms with van der Waals surface area (Å²) in [5, 5.41) is 11.4. The van der Waals surface area contributed by atoms with Gasteiger partial charge in [-0.1, -0.05) is 28.1 Å². The van der Waals surface area contributed by atoms with E-state index in [0.717, 1.165) is 28.0 Å². The highest BCUT2D eigenvalue weighted by atomic mass is 79.9. The third kappa shape index (κ3) is 2.96. The van der Waals surface area contributed by atoms with Crippen molar-refractivity contribution < 1.29 is 4.74 Å². The van der Waals surface area contributed by atoms with Gasteiger partial charge in [-0.2, -0.15) is 0 Å². The van der Waals surface area contributed by atoms with Gasteiger partial charge in [-0.05, 0) is 30.3 Å². The highest BCUT2D eigenvalue weighted by Gasteiger charge is 2.20. The van der Waals surface area contributed by atoms with Crippen molar-refractivity contribution in [3.63, 3.8) is 0 Å². The predicted molar refractivity (Wildman–Crippen MR) is 77.2 cm³/mol. The number of methoxy groups -OCH3 is 1. The molecule has 1 aromatic heterocycles. The maximum absolute atomic E-state index is 5.30. The van der Waals surface area contributed by atoms with Crippen LogP contribution in [0, 0.1) is 0 Å². The molecule has 0 aliphatic carbocycles. The Morgan fingerprint density at radius 2 is 2.26 bits per heavy atom. The number of benzene rings is 1. The minimum Gasteiger partial charge on any atom is -0.497 e. The van der Waals surface area contributed by atoms with Crippen molar-refractivity contribution in [1.82, 2.24) is 20.3 Å². The Morgan fingerprint density at radius 3 is 2.84 bits per heavy atom. The molecule has 5 nitrogen and oxygen atoms in total. The molecule has 0 saturated carbocycles. The lowest BCUT2D eigenvalue weighted by atomic mass is 10.0. The van der Waals surface area contributed by atoms with E-state index in [0.29, 0.717) is 0 Å². The zero-order valence-corrected chi connectivity index (χ0v) is 12.8. The number of halogens is 1. The number of ether oxygens (including phenoxy) is 1. The van der Waals surface area contributed by atoms with Crippen LogP contribution in [0.25, 0.3) is 0 Å². The Kier molecular flexibility index (Phi) is 4.55. The molecule has 0 radical (unpaired) electrons. The second-order valence-corrected chi connectivity index (χ2v) is 5.01. The molecule has 2 aromatic rings. The number of nitrogens with one attached hydrogen (secondary N) is 1. The number of nitrogens with zero attached hydrogens (tertiary/aromatic N) is 3. The van der Waals surface area contributed by atoms with E-state index in [1.165, 1.54) is 0 Å². The van der Waals surface area contributed by atoms with Crippen LogP contribution in [0.5, 0.6) is 5.75 Å². The van der Waals surface area contributed by atoms with Crippen molar-refractivity contribution in [2.45, 2.75) is 13.0 Å². The molecule has 0 amide bonds. The van der Waals surface area contributed by atoms with E-state index in [4.69, 9.17) is 4.74 Å². The maximum atomic E-state index is 5.30. The van der Waals surface area contributed by atoms with E-state index < -0.39 is 0 Å². The fourth-order valence-electron chi connectivity index (χ4n) is 2.01. The van der Waals surface area contributed by atoms with Crippen LogP contribution >= 0.6 is 15.9 Å². The normalized spacial score (nSPS) is 12.4. The minimum absolute atomic E-state index is 0.0227. The van der Waals surface area contributed by atoms with Gasteiger partial charge in [0.05, 0.1) is 25.0 Å². The number of hydrogen-bond donors (Lipinski definition) is 1. The smallest absolute Gasteiger partial charge is 0.119 e. The Bertz CT molecular complexity index is 555. The number of rotatable bonds is 5. The molecule has 19 heavy (non-hydrogen) atoms. The molecule has 1 heterocycles. The van der Waals surface area contributed by atoms with E-state index in [1.807, 2.05) is 25.2 Å². The van der Waals surface area contributed by atoms with Crippen LogP contribution in [0.3, 0.4) is 0 Å². The summed E-state index contributed by atoms with van der Waals surface area (Å²) < 4.78 is 8.10. The molecule has 6 heteroatoms. The average molecular weight is 325 g/mol. The lowest BCUT2D eigenvalue weighted by Gasteiger charge is -2.20. The first kappa shape index (κ1) is 14.0. The standard InChI is InChI=1S/C13H17BrN4O/c1-4-15-13(12-8-16-17-18(12)2)10-7-9(19-3)5-6-11(10)14/h5-8,13,15H,4H2,1-3H3. The SMILES string of the molecule is CCNC(c1cc(OC)ccc1Br)c1cnnn1C. The highest BCUT2D eigenvalue weighted by Crippen LogP contribution is 2.31. The molecule has 102 valence electrons. The van der Waals surface area contributed by atoms with E-state index in [2.05, 4.69) is 38.5 Å². The molecular weight excluding hydrogens is 308 g/mol. The number of hydrogen-bond acceptors (Lipinski definition) is 4. The molecule has 0 saturated heterocycles. The molecule has 2 rings (SSSR count). The summed E-state index contributed by atoms with van der Waals surface area (Å²) in [6.45, 7) is 2.92. The van der Waals surface area contributed by atoms with Crippen LogP contribution in [-0.2, 0) is 7.05 Å². The van der Waals surface area contributed by atoms with Gasteiger partial charge in [-0.15, -0.1) is 5.10 Å². The van der Waals surface area contributed by atoms with Gasteiger partial charge >= 0.3 is 0 Å². The molecule has 1 atom stereocenters. The number of aromatic nitrogens is 3. The quantitative estimate of drug-likeness (QED) is 0.916. The summed E-state index contributed by atoms with van der Waals surface area (Å²) in [6, 6.07) is 5.96. The second-order valence-electron chi connectivity index (χ2n) is 4.16. The van der Waals surface area contributed by atoms with Crippen LogP contribution in [0.2, 0.25) is 0 Å². The van der Waals surface area contributed by atoms with Crippen molar-refractivity contribution in [3.05, 3.63) is 40.1 Å². The van der Waals surface area contributed by atoms with Crippen LogP contribution in [-0.4, -0.2) is 28.6 Å². The third-order valence-corrected chi connectivity index (χ3v) is 3.69. The molecule has 0 fully saturated rings. The summed E-state index contributed by atoms with van der Waals surface area (Å²) in [5.74, 6) is 0.830. The highest BCUT2D eigenvalue weighted by molar-refractivity contribution is 9.10. The van der Waals surface area contributed by atoms with Gasteiger partial charge in [0, 0.05) is 11.5 Å². The van der Waals surface area contributed by atoms with Crippen molar-refractivity contribution in [3.8, 4) is 5.75 Å². The Labute approximate surface area is 121 Å². The monoisotopic (exact) mass is 324 g/mol. The van der Waals surface area contributed by atoms with Crippen molar-refractivity contribution in [2.24, 2.45) is 7.05 Å². The topological polar surface area (TPSA) is 52.0 Å². The maximum Gasteiger partial charge on any atom is 0.119 e. The zero-order chi connectivity index (χ0) is 13.8. The lowest BCUT2D eigenvalue weighted by molar-refractivity contribution is 0.413. The van der Waals surface area contributed by atoms with Gasteiger partial charge in [-0.25, -0.2) is 0 Å². The molecule has 0 spiro atoms. The van der Waals surface area contributed by atoms with Crippen LogP contribution < -0.4 is 10.1 Å². The molecule has 1 N–H and O–H groups in total. The van der Waals surface area contributed by atoms with E-state index in [9.17, 15) is 0 Å². The fraction of sp³-hybridized carbons (Fsp3) is 0.385. The predicted octanol–water partition coefficient (Wildman–Crippen LogP) is 2.29. The van der Waals surface area contributed by atoms with Gasteiger partial charge in [0.2, 0.25) is 0 Å². The van der Waals surface area contributed by atoms with E-state index in [1.54, 1.807) is 18.0 Å². The molecule has 1 aromatic carbocycles. The van der Waals surface area contributed by atoms with Crippen LogP contribution in [0.4, 0.5) is 0 Å². The largest absolute Gasteiger partial charge is 0.497 e. The van der Waals surface area contributed by atoms with Gasteiger partial charge in [0.1, 0.15) is 5.75 Å². The molecule has 0 aliphatic rings. The first-order chi connectivity index (χ1) is 9.17. The molecule has 0 bridgehead atoms. The Balaban J connectivity index is 2.47. The number of aryl methyl sites for hydroxylation is 1. The summed E-state index contributed by atoms with van der Waals surface area (Å²) in [6.07, 6.45) is 1.78. The van der Waals surface area contributed by atoms with Crippen LogP contribution in [0.15, 0.2) is 28.9 Å². The zero-order valence-electron chi connectivity index (χ0n) is 11.2. The molecular formula is C13H17BrN4O. The minimum atomic E-state index is 0.0227. The van der Waals surface area contributed by atoms with Gasteiger partial charge in [0.15, 0.2) is 0 Å². The Morgan fingerprint density at radius 1 is 1.47 bits per heavy atom. The van der Waals surface area contributed by atoms with E-state index in [-0.39, 0.29) is 6.04 Å². The lowest BCUT2D eigenvalue weighted by Crippen LogP contribution is -2.24.